The Morgan fingerprint density at radius 1 is 1.52 bits per heavy atom. The van der Waals surface area contributed by atoms with Gasteiger partial charge in [0, 0.05) is 55.6 Å². The second-order valence-corrected chi connectivity index (χ2v) is 4.49. The maximum absolute atomic E-state index is 13.2. The normalized spacial score (nSPS) is 58.7. The molecule has 2 aliphatic rings. The number of carbonyl (C=O) groups is 1. The van der Waals surface area contributed by atoms with Crippen LogP contribution in [0.1, 0.15) is 55.0 Å². The van der Waals surface area contributed by atoms with E-state index in [1.54, 1.807) is 0 Å². The molecule has 2 bridgehead atoms. The molecule has 21 heavy (non-hydrogen) atoms. The third-order valence-corrected chi connectivity index (χ3v) is 3.20. The number of carbonyl (C=O) groups excluding carboxylic acids is 1. The molecule has 0 spiro atoms. The summed E-state index contributed by atoms with van der Waals surface area (Å²) in [6.45, 7) is 0. The van der Waals surface area contributed by atoms with Gasteiger partial charge >= 0.3 is 5.97 Å². The highest BCUT2D eigenvalue weighted by molar-refractivity contribution is 6.04. The number of para-hydroxylation sites is 1. The molecule has 3 atom stereocenters. The number of benzene rings is 1. The fraction of sp³-hybridized carbons (Fsp3) is 0.471. The Kier molecular flexibility index (Phi) is 1.13. The van der Waals surface area contributed by atoms with Gasteiger partial charge in [0.15, 0.2) is 0 Å². The van der Waals surface area contributed by atoms with Crippen LogP contribution in [-0.2, 0) is 4.74 Å². The van der Waals surface area contributed by atoms with Gasteiger partial charge in [-0.05, 0) is 25.9 Å². The molecule has 0 aliphatic carbocycles. The van der Waals surface area contributed by atoms with Gasteiger partial charge in [-0.2, -0.15) is 0 Å². The van der Waals surface area contributed by atoms with E-state index in [1.165, 1.54) is 12.1 Å². The number of esters is 1. The van der Waals surface area contributed by atoms with Gasteiger partial charge < -0.3 is 14.6 Å². The van der Waals surface area contributed by atoms with Crippen LogP contribution in [0.25, 0.3) is 10.9 Å². The molecule has 1 unspecified atom stereocenters. The lowest BCUT2D eigenvalue weighted by atomic mass is 10.0. The average Bonchev–Trinajstić information content (AvgIpc) is 3.12. The molecule has 2 fully saturated rings. The van der Waals surface area contributed by atoms with E-state index in [4.69, 9.17) is 23.9 Å². The molecule has 0 radical (unpaired) electrons. The topological polar surface area (TPSA) is 45.3 Å². The Morgan fingerprint density at radius 3 is 3.05 bits per heavy atom. The molecule has 2 aromatic rings. The molecule has 2 saturated heterocycles. The summed E-state index contributed by atoms with van der Waals surface area (Å²) in [6, 6.07) is -5.16. The first kappa shape index (κ1) is 4.85. The molecule has 0 saturated carbocycles. The van der Waals surface area contributed by atoms with Gasteiger partial charge in [-0.15, -0.1) is 0 Å². The number of hydrogen-bond acceptors (Lipinski definition) is 3. The van der Waals surface area contributed by atoms with Crippen LogP contribution in [0.2, 0.25) is 0 Å². The molecule has 1 aromatic heterocycles. The molecule has 1 aromatic carbocycles. The standard InChI is InChI=1S/C17H20N2O2/c1-19-11-6-7-12(19)9-13(8-11)21-17(20)15-10-18-16-5-3-2-4-14(15)16/h2-5,10-13,18H,6-9H2,1H3/t11-,12+,13?/i2D,4D,6D2,7D2,8D2,9D2,10D,11D,12D,13D. The zero-order valence-corrected chi connectivity index (χ0v) is 10.9. The summed E-state index contributed by atoms with van der Waals surface area (Å²) >= 11 is 0. The fourth-order valence-corrected chi connectivity index (χ4v) is 2.11. The number of piperidine rings is 1. The summed E-state index contributed by atoms with van der Waals surface area (Å²) in [7, 11) is 0.795. The lowest BCUT2D eigenvalue weighted by Gasteiger charge is -2.35. The van der Waals surface area contributed by atoms with Gasteiger partial charge in [0.25, 0.3) is 0 Å². The van der Waals surface area contributed by atoms with Crippen LogP contribution >= 0.6 is 0 Å². The van der Waals surface area contributed by atoms with E-state index in [1.807, 2.05) is 0 Å². The Hall–Kier alpha value is -1.81. The summed E-state index contributed by atoms with van der Waals surface area (Å²) in [6.07, 6.45) is -19.2. The van der Waals surface area contributed by atoms with E-state index in [0.717, 1.165) is 7.05 Å². The summed E-state index contributed by atoms with van der Waals surface area (Å²) < 4.78 is 122. The van der Waals surface area contributed by atoms with Crippen molar-refractivity contribution in [2.75, 3.05) is 7.05 Å². The number of nitrogens with zero attached hydrogens (tertiary/aromatic N) is 1. The number of aromatic amines is 1. The van der Waals surface area contributed by atoms with Crippen molar-refractivity contribution < 1.29 is 28.7 Å². The predicted molar refractivity (Wildman–Crippen MR) is 81.3 cm³/mol. The number of nitrogens with one attached hydrogen (secondary N) is 1. The fourth-order valence-electron chi connectivity index (χ4n) is 2.11. The first-order valence-electron chi connectivity index (χ1n) is 13.2. The van der Waals surface area contributed by atoms with Gasteiger partial charge in [0.05, 0.1) is 11.0 Å². The SMILES string of the molecule is [2H]c1ccc2[nH]c([2H])c(C(=O)OC3([2H])C([2H])([2H])[C@]4([2H])N(C)[C@]([2H])(C3([2H])[2H])C([2H])([2H])C4([2H])[2H])c2c1[2H]. The number of hydrogen-bond donors (Lipinski definition) is 1. The maximum atomic E-state index is 13.2. The highest BCUT2D eigenvalue weighted by atomic mass is 16.5. The minimum Gasteiger partial charge on any atom is -0.459 e. The Morgan fingerprint density at radius 2 is 2.29 bits per heavy atom. The summed E-state index contributed by atoms with van der Waals surface area (Å²) in [5.41, 5.74) is -0.675. The molecule has 4 rings (SSSR count). The number of ether oxygens (including phenoxy) is 1. The average molecular weight is 298 g/mol. The summed E-state index contributed by atoms with van der Waals surface area (Å²) in [4.78, 5) is 15.9. The Balaban J connectivity index is 1.97. The minimum atomic E-state index is -3.86. The van der Waals surface area contributed by atoms with Crippen molar-refractivity contribution >= 4 is 16.9 Å². The van der Waals surface area contributed by atoms with Crippen LogP contribution in [0.5, 0.6) is 0 Å². The first-order chi connectivity index (χ1) is 15.6. The lowest BCUT2D eigenvalue weighted by Crippen LogP contribution is -2.43. The van der Waals surface area contributed by atoms with Crippen molar-refractivity contribution in [2.45, 2.75) is 43.6 Å². The van der Waals surface area contributed by atoms with E-state index in [-0.39, 0.29) is 21.8 Å². The van der Waals surface area contributed by atoms with Gasteiger partial charge in [-0.1, -0.05) is 18.2 Å². The minimum absolute atomic E-state index is 0.0537. The predicted octanol–water partition coefficient (Wildman–Crippen LogP) is 2.95. The number of aromatic nitrogens is 1. The van der Waals surface area contributed by atoms with Crippen molar-refractivity contribution in [1.29, 1.82) is 0 Å². The number of fused-ring (bicyclic) bond motifs is 3. The van der Waals surface area contributed by atoms with Crippen LogP contribution in [-0.4, -0.2) is 41.0 Å². The lowest BCUT2D eigenvalue weighted by molar-refractivity contribution is -0.000258. The molecular weight excluding hydrogens is 264 g/mol. The monoisotopic (exact) mass is 298 g/mol. The van der Waals surface area contributed by atoms with E-state index >= 15 is 0 Å². The van der Waals surface area contributed by atoms with E-state index < -0.39 is 67.4 Å². The number of H-pyrrole nitrogens is 1. The zero-order chi connectivity index (χ0) is 26.9. The van der Waals surface area contributed by atoms with E-state index in [0.29, 0.717) is 0 Å². The maximum Gasteiger partial charge on any atom is 0.340 e. The highest BCUT2D eigenvalue weighted by Gasteiger charge is 2.40. The Bertz CT molecular complexity index is 1240. The quantitative estimate of drug-likeness (QED) is 0.867. The van der Waals surface area contributed by atoms with E-state index in [9.17, 15) is 4.79 Å². The van der Waals surface area contributed by atoms with Crippen molar-refractivity contribution in [3.8, 4) is 0 Å². The molecule has 3 heterocycles. The summed E-state index contributed by atoms with van der Waals surface area (Å²) in [5, 5.41) is -0.292. The molecule has 4 nitrogen and oxygen atoms in total. The summed E-state index contributed by atoms with van der Waals surface area (Å²) in [5.74, 6) is -1.69. The molecular formula is C17H20N2O2. The molecule has 0 amide bonds. The molecule has 2 aliphatic heterocycles. The van der Waals surface area contributed by atoms with Crippen LogP contribution in [0.4, 0.5) is 0 Å². The zero-order valence-electron chi connectivity index (χ0n) is 24.9. The third kappa shape index (κ3) is 2.14. The number of rotatable bonds is 2. The second-order valence-electron chi connectivity index (χ2n) is 4.49. The van der Waals surface area contributed by atoms with Crippen LogP contribution in [0, 0.1) is 0 Å². The Labute approximate surface area is 143 Å². The molecule has 110 valence electrons. The van der Waals surface area contributed by atoms with Gasteiger partial charge in [0.1, 0.15) is 6.08 Å². The van der Waals surface area contributed by atoms with Crippen LogP contribution in [0.3, 0.4) is 0 Å². The first-order valence-corrected chi connectivity index (χ1v) is 6.17. The largest absolute Gasteiger partial charge is 0.459 e. The smallest absolute Gasteiger partial charge is 0.340 e. The third-order valence-electron chi connectivity index (χ3n) is 3.20. The van der Waals surface area contributed by atoms with Gasteiger partial charge in [0.2, 0.25) is 0 Å². The highest BCUT2D eigenvalue weighted by Crippen LogP contribution is 2.35. The van der Waals surface area contributed by atoms with Crippen molar-refractivity contribution in [1.82, 2.24) is 9.88 Å². The second kappa shape index (κ2) is 4.88. The van der Waals surface area contributed by atoms with E-state index in [2.05, 4.69) is 4.98 Å². The van der Waals surface area contributed by atoms with Crippen LogP contribution < -0.4 is 0 Å². The van der Waals surface area contributed by atoms with Crippen LogP contribution in [0.15, 0.2) is 30.4 Å². The van der Waals surface area contributed by atoms with Crippen molar-refractivity contribution in [3.63, 3.8) is 0 Å². The van der Waals surface area contributed by atoms with Crippen molar-refractivity contribution in [2.24, 2.45) is 0 Å². The van der Waals surface area contributed by atoms with Gasteiger partial charge in [-0.25, -0.2) is 4.79 Å². The molecule has 4 heteroatoms. The van der Waals surface area contributed by atoms with Gasteiger partial charge in [-0.3, -0.25) is 0 Å². The van der Waals surface area contributed by atoms with Crippen molar-refractivity contribution in [3.05, 3.63) is 36.0 Å². The molecule has 1 N–H and O–H groups in total.